The number of fused-ring (bicyclic) bond motifs is 1. The van der Waals surface area contributed by atoms with Crippen molar-refractivity contribution in [2.75, 3.05) is 6.79 Å². The van der Waals surface area contributed by atoms with Crippen LogP contribution in [0.3, 0.4) is 0 Å². The number of aryl methyl sites for hydroxylation is 1. The van der Waals surface area contributed by atoms with E-state index in [0.29, 0.717) is 28.2 Å². The molecule has 10 heteroatoms. The Bertz CT molecular complexity index is 1520. The average molecular weight is 507 g/mol. The van der Waals surface area contributed by atoms with Gasteiger partial charge in [-0.2, -0.15) is 0 Å². The second-order valence-electron chi connectivity index (χ2n) is 8.69. The van der Waals surface area contributed by atoms with E-state index in [1.165, 1.54) is 4.52 Å². The van der Waals surface area contributed by atoms with Gasteiger partial charge in [0, 0.05) is 5.56 Å². The number of phosphoric ester groups is 1. The van der Waals surface area contributed by atoms with Crippen LogP contribution in [0.15, 0.2) is 71.5 Å². The van der Waals surface area contributed by atoms with Crippen molar-refractivity contribution in [3.05, 3.63) is 88.4 Å². The maximum absolute atomic E-state index is 13.7. The molecule has 0 bridgehead atoms. The van der Waals surface area contributed by atoms with Crippen molar-refractivity contribution in [1.82, 2.24) is 14.6 Å². The average Bonchev–Trinajstić information content (AvgIpc) is 3.25. The Morgan fingerprint density at radius 1 is 1.08 bits per heavy atom. The minimum atomic E-state index is -4.62. The van der Waals surface area contributed by atoms with E-state index in [1.807, 2.05) is 37.3 Å². The van der Waals surface area contributed by atoms with Crippen molar-refractivity contribution in [3.63, 3.8) is 0 Å². The Balaban J connectivity index is 1.57. The third-order valence-electron chi connectivity index (χ3n) is 6.33. The minimum absolute atomic E-state index is 0.203. The van der Waals surface area contributed by atoms with Gasteiger partial charge in [0.2, 0.25) is 0 Å². The number of aromatic amines is 1. The van der Waals surface area contributed by atoms with E-state index in [0.717, 1.165) is 36.1 Å². The summed E-state index contributed by atoms with van der Waals surface area (Å²) in [5.74, 6) is 0.605. The number of nitrogens with one attached hydrogen (secondary N) is 1. The molecule has 2 heterocycles. The largest absolute Gasteiger partial charge is 0.472 e. The summed E-state index contributed by atoms with van der Waals surface area (Å²) in [5, 5.41) is 3.34. The molecule has 3 N–H and O–H groups in total. The smallest absolute Gasteiger partial charge is 0.467 e. The number of hydrogen-bond donors (Lipinski definition) is 3. The Morgan fingerprint density at radius 2 is 1.83 bits per heavy atom. The first-order valence-electron chi connectivity index (χ1n) is 11.6. The van der Waals surface area contributed by atoms with Gasteiger partial charge in [0.05, 0.1) is 17.0 Å². The summed E-state index contributed by atoms with van der Waals surface area (Å²) in [6.07, 6.45) is 7.28. The van der Waals surface area contributed by atoms with E-state index in [2.05, 4.69) is 21.8 Å². The molecule has 1 atom stereocenters. The van der Waals surface area contributed by atoms with Gasteiger partial charge in [-0.3, -0.25) is 9.89 Å². The first-order valence-corrected chi connectivity index (χ1v) is 13.1. The molecule has 0 amide bonds. The Kier molecular flexibility index (Phi) is 6.64. The Hall–Kier alpha value is -3.49. The molecule has 2 aromatic heterocycles. The zero-order chi connectivity index (χ0) is 25.3. The lowest BCUT2D eigenvalue weighted by Gasteiger charge is -2.18. The molecule has 186 valence electrons. The highest BCUT2D eigenvalue weighted by atomic mass is 31.2. The molecule has 0 fully saturated rings. The fourth-order valence-corrected chi connectivity index (χ4v) is 4.87. The van der Waals surface area contributed by atoms with E-state index in [9.17, 15) is 9.36 Å². The number of allylic oxidation sites excluding steroid dienone is 2. The lowest BCUT2D eigenvalue weighted by atomic mass is 9.86. The summed E-state index contributed by atoms with van der Waals surface area (Å²) >= 11 is 0. The van der Waals surface area contributed by atoms with Gasteiger partial charge in [0.25, 0.3) is 5.56 Å². The molecule has 2 aromatic carbocycles. The standard InChI is InChI=1S/C26H26N3O6P/c1-17-22(19-12-14-21(15-13-19)34-16-35-36(31,32)33)26(30)29-25(27-17)23(18-8-4-2-5-9-18)24(28-29)20-10-6-3-7-11-20/h2-4,6-7,10-15,18,28H,5,8-9,16H2,1H3,(H2,31,32,33). The normalized spacial score (nSPS) is 15.9. The van der Waals surface area contributed by atoms with Crippen molar-refractivity contribution >= 4 is 13.5 Å². The number of aromatic nitrogens is 3. The minimum Gasteiger partial charge on any atom is -0.467 e. The number of nitrogens with zero attached hydrogens (tertiary/aromatic N) is 2. The van der Waals surface area contributed by atoms with Gasteiger partial charge in [0.1, 0.15) is 5.75 Å². The van der Waals surface area contributed by atoms with Gasteiger partial charge < -0.3 is 14.5 Å². The zero-order valence-electron chi connectivity index (χ0n) is 19.6. The van der Waals surface area contributed by atoms with Crippen LogP contribution >= 0.6 is 7.82 Å². The van der Waals surface area contributed by atoms with Crippen molar-refractivity contribution in [3.8, 4) is 28.1 Å². The van der Waals surface area contributed by atoms with E-state index in [1.54, 1.807) is 24.3 Å². The number of phosphoric acid groups is 1. The second-order valence-corrected chi connectivity index (χ2v) is 9.93. The molecule has 4 aromatic rings. The third-order valence-corrected chi connectivity index (χ3v) is 6.77. The zero-order valence-corrected chi connectivity index (χ0v) is 20.5. The molecule has 0 radical (unpaired) electrons. The number of benzene rings is 2. The summed E-state index contributed by atoms with van der Waals surface area (Å²) in [7, 11) is -4.62. The molecule has 36 heavy (non-hydrogen) atoms. The van der Waals surface area contributed by atoms with Gasteiger partial charge in [-0.25, -0.2) is 18.6 Å². The SMILES string of the molecule is Cc1nc2c(C3CC=CCC3)c(-c3ccccc3)[nH]n2c(=O)c1-c1ccc(OCOP(=O)(O)O)cc1. The summed E-state index contributed by atoms with van der Waals surface area (Å²) in [4.78, 5) is 36.2. The third kappa shape index (κ3) is 4.92. The van der Waals surface area contributed by atoms with Crippen LogP contribution < -0.4 is 10.3 Å². The molecule has 0 aliphatic heterocycles. The maximum atomic E-state index is 13.7. The second kappa shape index (κ2) is 9.87. The van der Waals surface area contributed by atoms with Crippen LogP contribution in [0.2, 0.25) is 0 Å². The molecule has 0 saturated carbocycles. The van der Waals surface area contributed by atoms with E-state index in [-0.39, 0.29) is 11.5 Å². The van der Waals surface area contributed by atoms with E-state index < -0.39 is 14.6 Å². The number of ether oxygens (including phenoxy) is 1. The molecule has 5 rings (SSSR count). The van der Waals surface area contributed by atoms with Crippen LogP contribution in [0.25, 0.3) is 28.0 Å². The van der Waals surface area contributed by atoms with Crippen molar-refractivity contribution in [2.45, 2.75) is 32.1 Å². The predicted octanol–water partition coefficient (Wildman–Crippen LogP) is 4.93. The first-order chi connectivity index (χ1) is 17.3. The van der Waals surface area contributed by atoms with Crippen molar-refractivity contribution < 1.29 is 23.6 Å². The fourth-order valence-electron chi connectivity index (χ4n) is 4.68. The highest BCUT2D eigenvalue weighted by molar-refractivity contribution is 7.46. The Morgan fingerprint density at radius 3 is 2.50 bits per heavy atom. The van der Waals surface area contributed by atoms with Crippen LogP contribution in [-0.4, -0.2) is 31.2 Å². The highest BCUT2D eigenvalue weighted by Crippen LogP contribution is 2.38. The summed E-state index contributed by atoms with van der Waals surface area (Å²) < 4.78 is 21.9. The Labute approximate surface area is 207 Å². The molecular formula is C26H26N3O6P. The van der Waals surface area contributed by atoms with Crippen LogP contribution in [-0.2, 0) is 9.09 Å². The molecule has 9 nitrogen and oxygen atoms in total. The molecule has 1 aliphatic rings. The predicted molar refractivity (Wildman–Crippen MR) is 136 cm³/mol. The molecule has 1 unspecified atom stereocenters. The number of rotatable bonds is 7. The maximum Gasteiger partial charge on any atom is 0.472 e. The van der Waals surface area contributed by atoms with E-state index in [4.69, 9.17) is 19.5 Å². The van der Waals surface area contributed by atoms with Gasteiger partial charge >= 0.3 is 7.82 Å². The van der Waals surface area contributed by atoms with Crippen LogP contribution in [0.4, 0.5) is 0 Å². The van der Waals surface area contributed by atoms with Crippen molar-refractivity contribution in [2.24, 2.45) is 0 Å². The lowest BCUT2D eigenvalue weighted by Crippen LogP contribution is -2.19. The van der Waals surface area contributed by atoms with Gasteiger partial charge in [-0.15, -0.1) is 0 Å². The van der Waals surface area contributed by atoms with Crippen LogP contribution in [0.1, 0.15) is 36.4 Å². The number of H-pyrrole nitrogens is 1. The highest BCUT2D eigenvalue weighted by Gasteiger charge is 2.26. The molecule has 1 aliphatic carbocycles. The monoisotopic (exact) mass is 507 g/mol. The lowest BCUT2D eigenvalue weighted by molar-refractivity contribution is 0.0829. The number of hydrogen-bond acceptors (Lipinski definition) is 5. The molecule has 0 spiro atoms. The topological polar surface area (TPSA) is 126 Å². The summed E-state index contributed by atoms with van der Waals surface area (Å²) in [5.41, 5.74) is 5.15. The van der Waals surface area contributed by atoms with Gasteiger partial charge in [-0.1, -0.05) is 54.6 Å². The van der Waals surface area contributed by atoms with E-state index >= 15 is 0 Å². The molecule has 0 saturated heterocycles. The first kappa shape index (κ1) is 24.2. The van der Waals surface area contributed by atoms with Gasteiger partial charge in [0.15, 0.2) is 12.4 Å². The van der Waals surface area contributed by atoms with Crippen molar-refractivity contribution in [1.29, 1.82) is 0 Å². The van der Waals surface area contributed by atoms with Crippen LogP contribution in [0, 0.1) is 6.92 Å². The summed E-state index contributed by atoms with van der Waals surface area (Å²) in [6, 6.07) is 16.6. The van der Waals surface area contributed by atoms with Crippen LogP contribution in [0.5, 0.6) is 5.75 Å². The summed E-state index contributed by atoms with van der Waals surface area (Å²) in [6.45, 7) is 1.23. The van der Waals surface area contributed by atoms with Gasteiger partial charge in [-0.05, 0) is 55.4 Å². The molecular weight excluding hydrogens is 481 g/mol. The quantitative estimate of drug-likeness (QED) is 0.184. The fraction of sp³-hybridized carbons (Fsp3) is 0.231.